The Morgan fingerprint density at radius 3 is 2.86 bits per heavy atom. The minimum absolute atomic E-state index is 0.0227. The van der Waals surface area contributed by atoms with Crippen LogP contribution in [-0.2, 0) is 11.2 Å². The second-order valence-electron chi connectivity index (χ2n) is 7.17. The zero-order chi connectivity index (χ0) is 19.8. The third-order valence-corrected chi connectivity index (χ3v) is 6.09. The number of benzene rings is 1. The van der Waals surface area contributed by atoms with Crippen LogP contribution in [-0.4, -0.2) is 30.5 Å². The first-order chi connectivity index (χ1) is 13.4. The second kappa shape index (κ2) is 7.27. The highest BCUT2D eigenvalue weighted by Crippen LogP contribution is 2.29. The van der Waals surface area contributed by atoms with Crippen molar-refractivity contribution in [3.8, 4) is 0 Å². The lowest BCUT2D eigenvalue weighted by Gasteiger charge is -2.10. The predicted octanol–water partition coefficient (Wildman–Crippen LogP) is 4.05. The Hall–Kier alpha value is -2.87. The predicted molar refractivity (Wildman–Crippen MR) is 111 cm³/mol. The van der Waals surface area contributed by atoms with E-state index in [0.29, 0.717) is 24.5 Å². The molecule has 0 atom stereocenters. The van der Waals surface area contributed by atoms with Crippen LogP contribution >= 0.6 is 11.3 Å². The van der Waals surface area contributed by atoms with Crippen LogP contribution in [0, 0.1) is 13.8 Å². The summed E-state index contributed by atoms with van der Waals surface area (Å²) in [4.78, 5) is 25.7. The number of fused-ring (bicyclic) bond motifs is 2. The van der Waals surface area contributed by atoms with E-state index in [1.54, 1.807) is 15.9 Å². The number of nitrogens with one attached hydrogen (secondary N) is 1. The second-order valence-corrected chi connectivity index (χ2v) is 8.23. The molecule has 3 aromatic heterocycles. The lowest BCUT2D eigenvalue weighted by Crippen LogP contribution is -2.14. The molecule has 0 radical (unpaired) electrons. The van der Waals surface area contributed by atoms with Gasteiger partial charge in [0, 0.05) is 29.4 Å². The van der Waals surface area contributed by atoms with E-state index in [1.807, 2.05) is 32.0 Å². The van der Waals surface area contributed by atoms with Gasteiger partial charge < -0.3 is 5.32 Å². The number of carbonyl (C=O) groups is 1. The van der Waals surface area contributed by atoms with Crippen LogP contribution in [0.4, 0.5) is 5.69 Å². The number of carbonyl (C=O) groups excluding carboxylic acids is 1. The van der Waals surface area contributed by atoms with E-state index in [-0.39, 0.29) is 5.91 Å². The van der Waals surface area contributed by atoms with Crippen molar-refractivity contribution in [3.05, 3.63) is 46.5 Å². The molecule has 4 rings (SSSR count). The van der Waals surface area contributed by atoms with Gasteiger partial charge in [0.2, 0.25) is 5.91 Å². The number of nitrogens with zero attached hydrogens (tertiary/aromatic N) is 5. The number of aryl methyl sites for hydroxylation is 2. The number of hydrogen-bond acceptors (Lipinski definition) is 6. The van der Waals surface area contributed by atoms with Crippen molar-refractivity contribution in [3.63, 3.8) is 0 Å². The van der Waals surface area contributed by atoms with Gasteiger partial charge in [0.05, 0.1) is 15.2 Å². The van der Waals surface area contributed by atoms with Gasteiger partial charge in [-0.3, -0.25) is 4.79 Å². The molecule has 7 nitrogen and oxygen atoms in total. The van der Waals surface area contributed by atoms with Crippen molar-refractivity contribution >= 4 is 38.9 Å². The summed E-state index contributed by atoms with van der Waals surface area (Å²) < 4.78 is 2.80. The van der Waals surface area contributed by atoms with Crippen LogP contribution in [0.3, 0.4) is 0 Å². The fourth-order valence-electron chi connectivity index (χ4n) is 3.25. The Balaban J connectivity index is 1.47. The molecule has 4 aromatic rings. The Morgan fingerprint density at radius 2 is 2.07 bits per heavy atom. The standard InChI is InChI=1S/C20H22N6OS/c1-11(2)19-25-16-7-5-14(9-17(16)28-19)24-18(27)8-6-15-12(3)23-20-21-10-22-26(20)13(15)4/h5,7,9-11H,6,8H2,1-4H3,(H,24,27). The number of hydrogen-bond donors (Lipinski definition) is 1. The summed E-state index contributed by atoms with van der Waals surface area (Å²) in [6.45, 7) is 8.19. The molecular formula is C20H22N6OS. The van der Waals surface area contributed by atoms with Crippen molar-refractivity contribution in [2.75, 3.05) is 5.32 Å². The van der Waals surface area contributed by atoms with Gasteiger partial charge >= 0.3 is 0 Å². The number of thiazole rings is 1. The lowest BCUT2D eigenvalue weighted by molar-refractivity contribution is -0.116. The molecule has 0 aliphatic rings. The minimum atomic E-state index is -0.0227. The molecule has 0 aliphatic carbocycles. The Bertz CT molecular complexity index is 1180. The van der Waals surface area contributed by atoms with Crippen LogP contribution in [0.5, 0.6) is 0 Å². The zero-order valence-electron chi connectivity index (χ0n) is 16.4. The summed E-state index contributed by atoms with van der Waals surface area (Å²) in [7, 11) is 0. The Kier molecular flexibility index (Phi) is 4.80. The highest BCUT2D eigenvalue weighted by molar-refractivity contribution is 7.18. The fraction of sp³-hybridized carbons (Fsp3) is 0.350. The van der Waals surface area contributed by atoms with Gasteiger partial charge in [-0.25, -0.2) is 14.5 Å². The summed E-state index contributed by atoms with van der Waals surface area (Å²) in [5.74, 6) is 0.963. The van der Waals surface area contributed by atoms with Crippen molar-refractivity contribution < 1.29 is 4.79 Å². The molecule has 0 unspecified atom stereocenters. The van der Waals surface area contributed by atoms with Crippen LogP contribution in [0.25, 0.3) is 16.0 Å². The molecular weight excluding hydrogens is 372 g/mol. The van der Waals surface area contributed by atoms with E-state index in [9.17, 15) is 4.79 Å². The Labute approximate surface area is 166 Å². The van der Waals surface area contributed by atoms with Gasteiger partial charge in [0.15, 0.2) is 0 Å². The first kappa shape index (κ1) is 18.5. The number of aromatic nitrogens is 5. The number of rotatable bonds is 5. The normalized spacial score (nSPS) is 11.6. The summed E-state index contributed by atoms with van der Waals surface area (Å²) in [6.07, 6.45) is 2.47. The topological polar surface area (TPSA) is 85.1 Å². The first-order valence-electron chi connectivity index (χ1n) is 9.28. The van der Waals surface area contributed by atoms with E-state index < -0.39 is 0 Å². The molecule has 0 saturated heterocycles. The molecule has 0 bridgehead atoms. The smallest absolute Gasteiger partial charge is 0.252 e. The van der Waals surface area contributed by atoms with E-state index in [1.165, 1.54) is 6.33 Å². The van der Waals surface area contributed by atoms with E-state index in [4.69, 9.17) is 0 Å². The van der Waals surface area contributed by atoms with Crippen molar-refractivity contribution in [2.45, 2.75) is 46.5 Å². The maximum absolute atomic E-state index is 12.5. The molecule has 1 aromatic carbocycles. The molecule has 28 heavy (non-hydrogen) atoms. The molecule has 0 saturated carbocycles. The molecule has 8 heteroatoms. The highest BCUT2D eigenvalue weighted by atomic mass is 32.1. The summed E-state index contributed by atoms with van der Waals surface area (Å²) in [5.41, 5.74) is 4.67. The average Bonchev–Trinajstić information content (AvgIpc) is 3.27. The SMILES string of the molecule is Cc1nc2ncnn2c(C)c1CCC(=O)Nc1ccc2nc(C(C)C)sc2c1. The maximum atomic E-state index is 12.5. The van der Waals surface area contributed by atoms with E-state index in [2.05, 4.69) is 39.2 Å². The lowest BCUT2D eigenvalue weighted by atomic mass is 10.1. The number of amides is 1. The maximum Gasteiger partial charge on any atom is 0.252 e. The van der Waals surface area contributed by atoms with Gasteiger partial charge in [0.1, 0.15) is 6.33 Å². The third kappa shape index (κ3) is 3.47. The zero-order valence-corrected chi connectivity index (χ0v) is 17.2. The van der Waals surface area contributed by atoms with Crippen molar-refractivity contribution in [1.29, 1.82) is 0 Å². The van der Waals surface area contributed by atoms with Gasteiger partial charge in [-0.2, -0.15) is 10.1 Å². The highest BCUT2D eigenvalue weighted by Gasteiger charge is 2.13. The van der Waals surface area contributed by atoms with E-state index in [0.717, 1.165) is 37.9 Å². The summed E-state index contributed by atoms with van der Waals surface area (Å²) in [5, 5.41) is 8.31. The molecule has 0 fully saturated rings. The van der Waals surface area contributed by atoms with Gasteiger partial charge in [-0.15, -0.1) is 11.3 Å². The minimum Gasteiger partial charge on any atom is -0.326 e. The molecule has 144 valence electrons. The van der Waals surface area contributed by atoms with Gasteiger partial charge in [-0.1, -0.05) is 13.8 Å². The number of anilines is 1. The monoisotopic (exact) mass is 394 g/mol. The Morgan fingerprint density at radius 1 is 1.25 bits per heavy atom. The molecule has 0 aliphatic heterocycles. The van der Waals surface area contributed by atoms with Crippen molar-refractivity contribution in [2.24, 2.45) is 0 Å². The molecule has 3 heterocycles. The third-order valence-electron chi connectivity index (χ3n) is 4.77. The molecule has 1 N–H and O–H groups in total. The van der Waals surface area contributed by atoms with Gasteiger partial charge in [-0.05, 0) is 44.0 Å². The van der Waals surface area contributed by atoms with Crippen LogP contribution in [0.2, 0.25) is 0 Å². The van der Waals surface area contributed by atoms with Crippen molar-refractivity contribution in [1.82, 2.24) is 24.6 Å². The molecule has 0 spiro atoms. The fourth-order valence-corrected chi connectivity index (χ4v) is 4.26. The van der Waals surface area contributed by atoms with Crippen LogP contribution < -0.4 is 5.32 Å². The quantitative estimate of drug-likeness (QED) is 0.552. The average molecular weight is 395 g/mol. The van der Waals surface area contributed by atoms with E-state index >= 15 is 0 Å². The summed E-state index contributed by atoms with van der Waals surface area (Å²) in [6, 6.07) is 5.87. The first-order valence-corrected chi connectivity index (χ1v) is 10.1. The largest absolute Gasteiger partial charge is 0.326 e. The van der Waals surface area contributed by atoms with Crippen LogP contribution in [0.15, 0.2) is 24.5 Å². The van der Waals surface area contributed by atoms with Gasteiger partial charge in [0.25, 0.3) is 5.78 Å². The molecule has 1 amide bonds. The van der Waals surface area contributed by atoms with Crippen LogP contribution in [0.1, 0.15) is 48.1 Å². The summed E-state index contributed by atoms with van der Waals surface area (Å²) >= 11 is 1.68.